The van der Waals surface area contributed by atoms with Gasteiger partial charge in [-0.2, -0.15) is 0 Å². The number of hydrogen-bond donors (Lipinski definition) is 0. The SMILES string of the molecule is CCC1CCN(C(=O)CN(CC)CC)CC1. The minimum absolute atomic E-state index is 0.318. The van der Waals surface area contributed by atoms with Crippen molar-refractivity contribution >= 4 is 5.91 Å². The number of likely N-dealkylation sites (N-methyl/N-ethyl adjacent to an activating group) is 1. The molecule has 0 saturated carbocycles. The molecule has 1 heterocycles. The van der Waals surface area contributed by atoms with E-state index >= 15 is 0 Å². The summed E-state index contributed by atoms with van der Waals surface area (Å²) in [5.74, 6) is 1.16. The minimum Gasteiger partial charge on any atom is -0.342 e. The molecule has 0 bridgehead atoms. The van der Waals surface area contributed by atoms with Gasteiger partial charge >= 0.3 is 0 Å². The third-order valence-corrected chi connectivity index (χ3v) is 3.80. The second-order valence-electron chi connectivity index (χ2n) is 4.69. The fourth-order valence-electron chi connectivity index (χ4n) is 2.33. The standard InChI is InChI=1S/C13H26N2O/c1-4-12-7-9-15(10-8-12)13(16)11-14(5-2)6-3/h12H,4-11H2,1-3H3. The predicted molar refractivity (Wildman–Crippen MR) is 67.4 cm³/mol. The molecule has 0 radical (unpaired) electrons. The number of carbonyl (C=O) groups is 1. The van der Waals surface area contributed by atoms with Crippen molar-refractivity contribution in [1.82, 2.24) is 9.80 Å². The van der Waals surface area contributed by atoms with Crippen molar-refractivity contribution in [1.29, 1.82) is 0 Å². The van der Waals surface area contributed by atoms with E-state index < -0.39 is 0 Å². The maximum atomic E-state index is 12.0. The molecular formula is C13H26N2O. The van der Waals surface area contributed by atoms with Crippen molar-refractivity contribution < 1.29 is 4.79 Å². The number of piperidine rings is 1. The summed E-state index contributed by atoms with van der Waals surface area (Å²) in [6, 6.07) is 0. The molecule has 0 aromatic rings. The molecule has 0 spiro atoms. The van der Waals surface area contributed by atoms with Crippen molar-refractivity contribution in [2.45, 2.75) is 40.0 Å². The Balaban J connectivity index is 2.32. The fraction of sp³-hybridized carbons (Fsp3) is 0.923. The molecule has 0 aliphatic carbocycles. The molecule has 3 nitrogen and oxygen atoms in total. The summed E-state index contributed by atoms with van der Waals surface area (Å²) in [5.41, 5.74) is 0. The molecule has 16 heavy (non-hydrogen) atoms. The molecule has 1 aliphatic rings. The second-order valence-corrected chi connectivity index (χ2v) is 4.69. The smallest absolute Gasteiger partial charge is 0.236 e. The van der Waals surface area contributed by atoms with Crippen LogP contribution in [0.3, 0.4) is 0 Å². The van der Waals surface area contributed by atoms with Gasteiger partial charge in [-0.1, -0.05) is 27.2 Å². The van der Waals surface area contributed by atoms with E-state index in [1.54, 1.807) is 0 Å². The predicted octanol–water partition coefficient (Wildman–Crippen LogP) is 1.98. The average molecular weight is 226 g/mol. The lowest BCUT2D eigenvalue weighted by atomic mass is 9.94. The van der Waals surface area contributed by atoms with Crippen molar-refractivity contribution in [2.24, 2.45) is 5.92 Å². The highest BCUT2D eigenvalue weighted by Gasteiger charge is 2.22. The van der Waals surface area contributed by atoms with Gasteiger partial charge in [-0.25, -0.2) is 0 Å². The molecule has 1 rings (SSSR count). The molecule has 94 valence electrons. The van der Waals surface area contributed by atoms with Gasteiger partial charge in [0.2, 0.25) is 5.91 Å². The van der Waals surface area contributed by atoms with Gasteiger partial charge in [0.25, 0.3) is 0 Å². The van der Waals surface area contributed by atoms with Crippen molar-refractivity contribution in [2.75, 3.05) is 32.7 Å². The number of likely N-dealkylation sites (tertiary alicyclic amines) is 1. The Bertz CT molecular complexity index is 206. The second kappa shape index (κ2) is 6.89. The Morgan fingerprint density at radius 1 is 1.19 bits per heavy atom. The molecule has 1 aliphatic heterocycles. The molecule has 0 aromatic heterocycles. The summed E-state index contributed by atoms with van der Waals surface area (Å²) in [6.07, 6.45) is 3.65. The van der Waals surface area contributed by atoms with E-state index in [1.807, 2.05) is 4.90 Å². The van der Waals surface area contributed by atoms with Crippen LogP contribution in [-0.2, 0) is 4.79 Å². The molecule has 1 fully saturated rings. The van der Waals surface area contributed by atoms with Crippen LogP contribution in [0.5, 0.6) is 0 Å². The first kappa shape index (κ1) is 13.5. The quantitative estimate of drug-likeness (QED) is 0.715. The summed E-state index contributed by atoms with van der Waals surface area (Å²) in [6.45, 7) is 10.9. The monoisotopic (exact) mass is 226 g/mol. The average Bonchev–Trinajstić information content (AvgIpc) is 2.35. The van der Waals surface area contributed by atoms with Gasteiger partial charge in [0.05, 0.1) is 6.54 Å². The van der Waals surface area contributed by atoms with Crippen LogP contribution in [0.15, 0.2) is 0 Å². The van der Waals surface area contributed by atoms with Crippen LogP contribution >= 0.6 is 0 Å². The van der Waals surface area contributed by atoms with E-state index in [-0.39, 0.29) is 0 Å². The summed E-state index contributed by atoms with van der Waals surface area (Å²) < 4.78 is 0. The summed E-state index contributed by atoms with van der Waals surface area (Å²) in [7, 11) is 0. The van der Waals surface area contributed by atoms with Crippen LogP contribution in [0.25, 0.3) is 0 Å². The van der Waals surface area contributed by atoms with E-state index in [4.69, 9.17) is 0 Å². The highest BCUT2D eigenvalue weighted by atomic mass is 16.2. The van der Waals surface area contributed by atoms with Gasteiger partial charge in [-0.15, -0.1) is 0 Å². The van der Waals surface area contributed by atoms with Crippen LogP contribution in [0.2, 0.25) is 0 Å². The van der Waals surface area contributed by atoms with E-state index in [9.17, 15) is 4.79 Å². The van der Waals surface area contributed by atoms with Crippen LogP contribution in [0.4, 0.5) is 0 Å². The van der Waals surface area contributed by atoms with E-state index in [0.29, 0.717) is 12.5 Å². The molecule has 0 N–H and O–H groups in total. The molecule has 0 atom stereocenters. The fourth-order valence-corrected chi connectivity index (χ4v) is 2.33. The number of nitrogens with zero attached hydrogens (tertiary/aromatic N) is 2. The highest BCUT2D eigenvalue weighted by Crippen LogP contribution is 2.19. The number of amides is 1. The lowest BCUT2D eigenvalue weighted by molar-refractivity contribution is -0.133. The maximum absolute atomic E-state index is 12.0. The van der Waals surface area contributed by atoms with Gasteiger partial charge < -0.3 is 4.90 Å². The first-order chi connectivity index (χ1) is 7.71. The van der Waals surface area contributed by atoms with Crippen LogP contribution in [0.1, 0.15) is 40.0 Å². The Morgan fingerprint density at radius 3 is 2.19 bits per heavy atom. The van der Waals surface area contributed by atoms with Crippen LogP contribution in [-0.4, -0.2) is 48.4 Å². The Kier molecular flexibility index (Phi) is 5.81. The van der Waals surface area contributed by atoms with E-state index in [1.165, 1.54) is 19.3 Å². The summed E-state index contributed by atoms with van der Waals surface area (Å²) in [5, 5.41) is 0. The zero-order valence-electron chi connectivity index (χ0n) is 11.0. The normalized spacial score (nSPS) is 18.1. The molecule has 1 saturated heterocycles. The first-order valence-electron chi connectivity index (χ1n) is 6.71. The van der Waals surface area contributed by atoms with Crippen LogP contribution < -0.4 is 0 Å². The molecule has 1 amide bonds. The van der Waals surface area contributed by atoms with E-state index in [0.717, 1.165) is 32.1 Å². The lowest BCUT2D eigenvalue weighted by Gasteiger charge is -2.33. The van der Waals surface area contributed by atoms with Crippen molar-refractivity contribution in [3.8, 4) is 0 Å². The van der Waals surface area contributed by atoms with Gasteiger partial charge in [0.1, 0.15) is 0 Å². The van der Waals surface area contributed by atoms with Gasteiger partial charge in [-0.3, -0.25) is 9.69 Å². The maximum Gasteiger partial charge on any atom is 0.236 e. The zero-order chi connectivity index (χ0) is 12.0. The first-order valence-corrected chi connectivity index (χ1v) is 6.71. The van der Waals surface area contributed by atoms with Crippen LogP contribution in [0, 0.1) is 5.92 Å². The summed E-state index contributed by atoms with van der Waals surface area (Å²) >= 11 is 0. The van der Waals surface area contributed by atoms with Crippen molar-refractivity contribution in [3.63, 3.8) is 0 Å². The number of hydrogen-bond acceptors (Lipinski definition) is 2. The third-order valence-electron chi connectivity index (χ3n) is 3.80. The molecular weight excluding hydrogens is 200 g/mol. The van der Waals surface area contributed by atoms with Gasteiger partial charge in [-0.05, 0) is 31.8 Å². The third kappa shape index (κ3) is 3.78. The highest BCUT2D eigenvalue weighted by molar-refractivity contribution is 5.78. The molecule has 0 aromatic carbocycles. The van der Waals surface area contributed by atoms with E-state index in [2.05, 4.69) is 25.7 Å². The van der Waals surface area contributed by atoms with Gasteiger partial charge in [0, 0.05) is 13.1 Å². The zero-order valence-corrected chi connectivity index (χ0v) is 11.0. The Labute approximate surface area is 99.8 Å². The topological polar surface area (TPSA) is 23.6 Å². The number of rotatable bonds is 5. The van der Waals surface area contributed by atoms with Crippen molar-refractivity contribution in [3.05, 3.63) is 0 Å². The van der Waals surface area contributed by atoms with Gasteiger partial charge in [0.15, 0.2) is 0 Å². The minimum atomic E-state index is 0.318. The Morgan fingerprint density at radius 2 is 1.75 bits per heavy atom. The lowest BCUT2D eigenvalue weighted by Crippen LogP contribution is -2.44. The number of carbonyl (C=O) groups excluding carboxylic acids is 1. The molecule has 3 heteroatoms. The summed E-state index contributed by atoms with van der Waals surface area (Å²) in [4.78, 5) is 16.2. The Hall–Kier alpha value is -0.570. The molecule has 0 unspecified atom stereocenters. The largest absolute Gasteiger partial charge is 0.342 e.